The van der Waals surface area contributed by atoms with Gasteiger partial charge in [0.2, 0.25) is 10.0 Å². The number of sulfonamides is 1. The Hall–Kier alpha value is -3.43. The lowest BCUT2D eigenvalue weighted by Crippen LogP contribution is -2.30. The Morgan fingerprint density at radius 1 is 0.974 bits per heavy atom. The van der Waals surface area contributed by atoms with E-state index in [4.69, 9.17) is 32.4 Å². The van der Waals surface area contributed by atoms with Gasteiger partial charge in [0, 0.05) is 16.6 Å². The molecule has 0 aliphatic rings. The van der Waals surface area contributed by atoms with Gasteiger partial charge in [-0.05, 0) is 80.1 Å². The molecule has 0 aliphatic heterocycles. The molecule has 1 aromatic heterocycles. The van der Waals surface area contributed by atoms with Crippen LogP contribution in [-0.4, -0.2) is 31.5 Å². The van der Waals surface area contributed by atoms with E-state index in [1.54, 1.807) is 85.8 Å². The highest BCUT2D eigenvalue weighted by molar-refractivity contribution is 7.89. The molecule has 39 heavy (non-hydrogen) atoms. The van der Waals surface area contributed by atoms with Gasteiger partial charge in [-0.2, -0.15) is 4.31 Å². The maximum atomic E-state index is 13.6. The summed E-state index contributed by atoms with van der Waals surface area (Å²) in [4.78, 5) is 16.4. The van der Waals surface area contributed by atoms with Crippen molar-refractivity contribution in [3.8, 4) is 0 Å². The fraction of sp³-hybridized carbons (Fsp3) is 0.172. The molecule has 0 N–H and O–H groups in total. The van der Waals surface area contributed by atoms with Crippen LogP contribution in [0.15, 0.2) is 93.2 Å². The van der Waals surface area contributed by atoms with Crippen LogP contribution in [0.25, 0.3) is 0 Å². The predicted molar refractivity (Wildman–Crippen MR) is 152 cm³/mol. The van der Waals surface area contributed by atoms with Gasteiger partial charge < -0.3 is 9.15 Å². The van der Waals surface area contributed by atoms with Crippen LogP contribution in [0.2, 0.25) is 10.0 Å². The number of ether oxygens (including phenoxy) is 1. The number of furan rings is 1. The first-order valence-corrected chi connectivity index (χ1v) is 14.3. The zero-order valence-corrected chi connectivity index (χ0v) is 23.6. The van der Waals surface area contributed by atoms with Crippen LogP contribution in [-0.2, 0) is 27.8 Å². The fourth-order valence-electron chi connectivity index (χ4n) is 3.68. The highest BCUT2D eigenvalue weighted by Gasteiger charge is 2.27. The number of hydrogen-bond acceptors (Lipinski definition) is 6. The molecule has 0 bridgehead atoms. The monoisotopic (exact) mass is 584 g/mol. The lowest BCUT2D eigenvalue weighted by molar-refractivity contribution is 0.0526. The molecular formula is C29H26Cl2N2O5S. The van der Waals surface area contributed by atoms with E-state index in [1.807, 2.05) is 6.92 Å². The summed E-state index contributed by atoms with van der Waals surface area (Å²) in [5.74, 6) is 0.472. The SMILES string of the molecule is CCOC(=O)c1ccc(N=Cc2ccc(CN(Cc3ccc(Cl)cc3Cl)S(=O)(=O)c3ccc(C)cc3)o2)cc1. The summed E-state index contributed by atoms with van der Waals surface area (Å²) in [6.45, 7) is 3.93. The first-order chi connectivity index (χ1) is 18.7. The molecule has 0 spiro atoms. The molecule has 0 radical (unpaired) electrons. The van der Waals surface area contributed by atoms with E-state index in [-0.39, 0.29) is 18.0 Å². The van der Waals surface area contributed by atoms with Gasteiger partial charge in [-0.25, -0.2) is 13.2 Å². The zero-order chi connectivity index (χ0) is 28.0. The van der Waals surface area contributed by atoms with Crippen molar-refractivity contribution in [3.63, 3.8) is 0 Å². The number of halogens is 2. The van der Waals surface area contributed by atoms with Crippen LogP contribution < -0.4 is 0 Å². The first kappa shape index (κ1) is 28.6. The molecule has 7 nitrogen and oxygen atoms in total. The molecule has 202 valence electrons. The van der Waals surface area contributed by atoms with E-state index in [1.165, 1.54) is 10.5 Å². The van der Waals surface area contributed by atoms with E-state index in [0.717, 1.165) is 5.56 Å². The van der Waals surface area contributed by atoms with E-state index >= 15 is 0 Å². The topological polar surface area (TPSA) is 89.2 Å². The van der Waals surface area contributed by atoms with Crippen molar-refractivity contribution in [2.24, 2.45) is 4.99 Å². The number of aliphatic imine (C=N–C) groups is 1. The smallest absolute Gasteiger partial charge is 0.338 e. The third-order valence-electron chi connectivity index (χ3n) is 5.75. The van der Waals surface area contributed by atoms with Crippen molar-refractivity contribution in [2.45, 2.75) is 31.8 Å². The van der Waals surface area contributed by atoms with Crippen molar-refractivity contribution in [3.05, 3.63) is 117 Å². The second-order valence-corrected chi connectivity index (χ2v) is 11.4. The Balaban J connectivity index is 1.55. The average molecular weight is 586 g/mol. The molecule has 0 amide bonds. The van der Waals surface area contributed by atoms with Crippen LogP contribution in [0.1, 0.15) is 39.9 Å². The van der Waals surface area contributed by atoms with Gasteiger partial charge in [-0.15, -0.1) is 0 Å². The Bertz CT molecular complexity index is 1580. The number of hydrogen-bond donors (Lipinski definition) is 0. The average Bonchev–Trinajstić information content (AvgIpc) is 3.36. The molecule has 0 saturated heterocycles. The molecule has 0 fully saturated rings. The second-order valence-electron chi connectivity index (χ2n) is 8.65. The summed E-state index contributed by atoms with van der Waals surface area (Å²) in [5.41, 5.74) is 2.61. The second kappa shape index (κ2) is 12.6. The normalized spacial score (nSPS) is 11.8. The van der Waals surface area contributed by atoms with Crippen LogP contribution in [0.5, 0.6) is 0 Å². The first-order valence-electron chi connectivity index (χ1n) is 12.1. The van der Waals surface area contributed by atoms with E-state index in [9.17, 15) is 13.2 Å². The minimum atomic E-state index is -3.89. The molecule has 4 aromatic rings. The molecule has 0 atom stereocenters. The summed E-state index contributed by atoms with van der Waals surface area (Å²) in [5, 5.41) is 0.829. The largest absolute Gasteiger partial charge is 0.462 e. The van der Waals surface area contributed by atoms with Crippen LogP contribution in [0, 0.1) is 6.92 Å². The summed E-state index contributed by atoms with van der Waals surface area (Å²) in [6.07, 6.45) is 1.53. The van der Waals surface area contributed by atoms with E-state index < -0.39 is 16.0 Å². The van der Waals surface area contributed by atoms with Crippen molar-refractivity contribution in [2.75, 3.05) is 6.61 Å². The molecule has 3 aromatic carbocycles. The molecule has 10 heteroatoms. The Morgan fingerprint density at radius 3 is 2.36 bits per heavy atom. The van der Waals surface area contributed by atoms with Gasteiger partial charge in [0.05, 0.1) is 35.5 Å². The van der Waals surface area contributed by atoms with E-state index in [0.29, 0.717) is 45.0 Å². The standard InChI is InChI=1S/C29H26Cl2N2O5S/c1-3-37-29(34)21-7-10-24(11-8-21)32-17-25-12-13-26(38-25)19-33(18-22-6-9-23(30)16-28(22)31)39(35,36)27-14-4-20(2)5-15-27/h4-17H,3,18-19H2,1-2H3. The number of carbonyl (C=O) groups excluding carboxylic acids is 1. The maximum absolute atomic E-state index is 13.6. The van der Waals surface area contributed by atoms with E-state index in [2.05, 4.69) is 4.99 Å². The molecule has 0 unspecified atom stereocenters. The van der Waals surface area contributed by atoms with Crippen molar-refractivity contribution in [1.82, 2.24) is 4.31 Å². The van der Waals surface area contributed by atoms with Crippen molar-refractivity contribution < 1.29 is 22.4 Å². The van der Waals surface area contributed by atoms with Gasteiger partial charge >= 0.3 is 5.97 Å². The minimum absolute atomic E-state index is 0.0170. The predicted octanol–water partition coefficient (Wildman–Crippen LogP) is 7.21. The highest BCUT2D eigenvalue weighted by atomic mass is 35.5. The quantitative estimate of drug-likeness (QED) is 0.145. The molecular weight excluding hydrogens is 559 g/mol. The lowest BCUT2D eigenvalue weighted by Gasteiger charge is -2.22. The van der Waals surface area contributed by atoms with Gasteiger partial charge in [-0.3, -0.25) is 4.99 Å². The van der Waals surface area contributed by atoms with Gasteiger partial charge in [0.1, 0.15) is 11.5 Å². The number of benzene rings is 3. The molecule has 0 aliphatic carbocycles. The lowest BCUT2D eigenvalue weighted by atomic mass is 10.2. The van der Waals surface area contributed by atoms with Crippen molar-refractivity contribution >= 4 is 51.1 Å². The summed E-state index contributed by atoms with van der Waals surface area (Å²) in [7, 11) is -3.89. The Labute approximate surface area is 237 Å². The zero-order valence-electron chi connectivity index (χ0n) is 21.3. The van der Waals surface area contributed by atoms with Gasteiger partial charge in [0.15, 0.2) is 0 Å². The summed E-state index contributed by atoms with van der Waals surface area (Å²) >= 11 is 12.4. The maximum Gasteiger partial charge on any atom is 0.338 e. The van der Waals surface area contributed by atoms with Crippen LogP contribution in [0.3, 0.4) is 0 Å². The van der Waals surface area contributed by atoms with Crippen LogP contribution in [0.4, 0.5) is 5.69 Å². The number of carbonyl (C=O) groups is 1. The third kappa shape index (κ3) is 7.36. The van der Waals surface area contributed by atoms with Crippen molar-refractivity contribution in [1.29, 1.82) is 0 Å². The number of esters is 1. The minimum Gasteiger partial charge on any atom is -0.462 e. The fourth-order valence-corrected chi connectivity index (χ4v) is 5.54. The molecule has 0 saturated carbocycles. The highest BCUT2D eigenvalue weighted by Crippen LogP contribution is 2.27. The third-order valence-corrected chi connectivity index (χ3v) is 8.15. The van der Waals surface area contributed by atoms with Gasteiger partial charge in [0.25, 0.3) is 0 Å². The molecule has 4 rings (SSSR count). The number of nitrogens with zero attached hydrogens (tertiary/aromatic N) is 2. The molecule has 1 heterocycles. The summed E-state index contributed by atoms with van der Waals surface area (Å²) in [6, 6.07) is 21.7. The Kier molecular flexibility index (Phi) is 9.24. The summed E-state index contributed by atoms with van der Waals surface area (Å²) < 4.78 is 39.4. The number of rotatable bonds is 10. The van der Waals surface area contributed by atoms with Crippen LogP contribution >= 0.6 is 23.2 Å². The van der Waals surface area contributed by atoms with Gasteiger partial charge in [-0.1, -0.05) is 47.0 Å². The Morgan fingerprint density at radius 2 is 1.69 bits per heavy atom. The number of aryl methyl sites for hydroxylation is 1.